The van der Waals surface area contributed by atoms with Gasteiger partial charge >= 0.3 is 0 Å². The van der Waals surface area contributed by atoms with Crippen molar-refractivity contribution in [1.82, 2.24) is 9.88 Å². The third-order valence-electron chi connectivity index (χ3n) is 2.95. The Labute approximate surface area is 102 Å². The quantitative estimate of drug-likeness (QED) is 0.589. The van der Waals surface area contributed by atoms with Crippen molar-refractivity contribution in [3.8, 4) is 0 Å². The molecule has 5 nitrogen and oxygen atoms in total. The highest BCUT2D eigenvalue weighted by atomic mass is 16.5. The lowest BCUT2D eigenvalue weighted by Gasteiger charge is -2.20. The number of hydrogen-bond donors (Lipinski definition) is 2. The first-order valence-electron chi connectivity index (χ1n) is 5.99. The predicted molar refractivity (Wildman–Crippen MR) is 67.4 cm³/mol. The van der Waals surface area contributed by atoms with Gasteiger partial charge in [0.25, 0.3) is 0 Å². The van der Waals surface area contributed by atoms with Crippen LogP contribution in [0.25, 0.3) is 0 Å². The number of nitrogens with two attached hydrogens (primary N) is 1. The van der Waals surface area contributed by atoms with Crippen LogP contribution in [0.2, 0.25) is 0 Å². The zero-order valence-corrected chi connectivity index (χ0v) is 10.2. The van der Waals surface area contributed by atoms with Crippen molar-refractivity contribution in [3.05, 3.63) is 24.0 Å². The number of anilines is 1. The van der Waals surface area contributed by atoms with E-state index >= 15 is 0 Å². The van der Waals surface area contributed by atoms with E-state index in [-0.39, 0.29) is 0 Å². The molecule has 1 aliphatic heterocycles. The van der Waals surface area contributed by atoms with Crippen molar-refractivity contribution in [2.75, 3.05) is 25.6 Å². The zero-order valence-electron chi connectivity index (χ0n) is 10.2. The van der Waals surface area contributed by atoms with Gasteiger partial charge in [0.2, 0.25) is 0 Å². The van der Waals surface area contributed by atoms with Gasteiger partial charge in [0.05, 0.1) is 17.5 Å². The van der Waals surface area contributed by atoms with Crippen LogP contribution in [0, 0.1) is 0 Å². The maximum atomic E-state index is 5.61. The largest absolute Gasteiger partial charge is 0.377 e. The Kier molecular flexibility index (Phi) is 4.30. The SMILES string of the molecule is CN(Cc1cc(NN)ccn1)CC1CCCO1. The summed E-state index contributed by atoms with van der Waals surface area (Å²) in [6, 6.07) is 3.82. The van der Waals surface area contributed by atoms with Gasteiger partial charge in [0.15, 0.2) is 0 Å². The Hall–Kier alpha value is -1.17. The Morgan fingerprint density at radius 1 is 1.65 bits per heavy atom. The van der Waals surface area contributed by atoms with Gasteiger partial charge in [-0.05, 0) is 32.0 Å². The Morgan fingerprint density at radius 3 is 3.24 bits per heavy atom. The average Bonchev–Trinajstić information content (AvgIpc) is 2.82. The summed E-state index contributed by atoms with van der Waals surface area (Å²) in [5.74, 6) is 5.37. The van der Waals surface area contributed by atoms with Crippen molar-refractivity contribution >= 4 is 5.69 Å². The molecule has 0 bridgehead atoms. The molecular formula is C12H20N4O. The normalized spacial score (nSPS) is 19.8. The minimum atomic E-state index is 0.385. The molecule has 1 aliphatic rings. The van der Waals surface area contributed by atoms with Crippen LogP contribution in [0.3, 0.4) is 0 Å². The van der Waals surface area contributed by atoms with Crippen molar-refractivity contribution < 1.29 is 4.74 Å². The van der Waals surface area contributed by atoms with E-state index < -0.39 is 0 Å². The van der Waals surface area contributed by atoms with Crippen LogP contribution < -0.4 is 11.3 Å². The molecule has 5 heteroatoms. The highest BCUT2D eigenvalue weighted by Gasteiger charge is 2.17. The molecule has 0 aromatic carbocycles. The number of rotatable bonds is 5. The van der Waals surface area contributed by atoms with E-state index in [0.29, 0.717) is 6.10 Å². The third-order valence-corrected chi connectivity index (χ3v) is 2.95. The van der Waals surface area contributed by atoms with Crippen LogP contribution in [0.4, 0.5) is 5.69 Å². The molecule has 0 spiro atoms. The Morgan fingerprint density at radius 2 is 2.53 bits per heavy atom. The zero-order chi connectivity index (χ0) is 12.1. The summed E-state index contributed by atoms with van der Waals surface area (Å²) in [6.45, 7) is 2.68. The first-order chi connectivity index (χ1) is 8.28. The van der Waals surface area contributed by atoms with Crippen LogP contribution in [0.15, 0.2) is 18.3 Å². The van der Waals surface area contributed by atoms with Crippen LogP contribution in [0.5, 0.6) is 0 Å². The molecule has 0 amide bonds. The highest BCUT2D eigenvalue weighted by Crippen LogP contribution is 2.14. The molecule has 17 heavy (non-hydrogen) atoms. The monoisotopic (exact) mass is 236 g/mol. The van der Waals surface area contributed by atoms with E-state index in [2.05, 4.69) is 22.4 Å². The first kappa shape index (κ1) is 12.3. The van der Waals surface area contributed by atoms with Gasteiger partial charge in [-0.15, -0.1) is 0 Å². The second-order valence-corrected chi connectivity index (χ2v) is 4.51. The lowest BCUT2D eigenvalue weighted by atomic mass is 10.2. The van der Waals surface area contributed by atoms with E-state index in [1.54, 1.807) is 6.20 Å². The number of likely N-dealkylation sites (N-methyl/N-ethyl adjacent to an activating group) is 1. The van der Waals surface area contributed by atoms with E-state index in [4.69, 9.17) is 10.6 Å². The van der Waals surface area contributed by atoms with E-state index in [0.717, 1.165) is 31.1 Å². The van der Waals surface area contributed by atoms with Crippen LogP contribution in [-0.2, 0) is 11.3 Å². The third kappa shape index (κ3) is 3.66. The number of nitrogen functional groups attached to an aromatic ring is 1. The van der Waals surface area contributed by atoms with Crippen molar-refractivity contribution in [3.63, 3.8) is 0 Å². The van der Waals surface area contributed by atoms with E-state index in [9.17, 15) is 0 Å². The number of pyridine rings is 1. The lowest BCUT2D eigenvalue weighted by Crippen LogP contribution is -2.28. The molecule has 1 fully saturated rings. The van der Waals surface area contributed by atoms with Gasteiger partial charge in [-0.25, -0.2) is 0 Å². The van der Waals surface area contributed by atoms with Crippen LogP contribution in [-0.4, -0.2) is 36.2 Å². The Balaban J connectivity index is 1.85. The van der Waals surface area contributed by atoms with E-state index in [1.807, 2.05) is 12.1 Å². The summed E-state index contributed by atoms with van der Waals surface area (Å²) in [5, 5.41) is 0. The van der Waals surface area contributed by atoms with Gasteiger partial charge in [-0.1, -0.05) is 0 Å². The lowest BCUT2D eigenvalue weighted by molar-refractivity contribution is 0.0790. The molecule has 0 aliphatic carbocycles. The van der Waals surface area contributed by atoms with Gasteiger partial charge in [0.1, 0.15) is 0 Å². The number of hydrazine groups is 1. The molecule has 94 valence electrons. The van der Waals surface area contributed by atoms with Crippen LogP contribution >= 0.6 is 0 Å². The number of nitrogens with one attached hydrogen (secondary N) is 1. The molecule has 1 aromatic rings. The molecule has 1 atom stereocenters. The molecule has 0 saturated carbocycles. The molecule has 1 saturated heterocycles. The molecule has 1 unspecified atom stereocenters. The number of ether oxygens (including phenoxy) is 1. The summed E-state index contributed by atoms with van der Waals surface area (Å²) >= 11 is 0. The molecule has 2 rings (SSSR count). The topological polar surface area (TPSA) is 63.4 Å². The standard InChI is InChI=1S/C12H20N4O/c1-16(9-12-3-2-6-17-12)8-11-7-10(15-13)4-5-14-11/h4-5,7,12H,2-3,6,8-9,13H2,1H3,(H,14,15). The minimum absolute atomic E-state index is 0.385. The second kappa shape index (κ2) is 5.95. The summed E-state index contributed by atoms with van der Waals surface area (Å²) in [7, 11) is 2.09. The smallest absolute Gasteiger partial charge is 0.0702 e. The fourth-order valence-corrected chi connectivity index (χ4v) is 2.13. The number of aromatic nitrogens is 1. The van der Waals surface area contributed by atoms with Crippen molar-refractivity contribution in [2.45, 2.75) is 25.5 Å². The van der Waals surface area contributed by atoms with Crippen molar-refractivity contribution in [2.24, 2.45) is 5.84 Å². The second-order valence-electron chi connectivity index (χ2n) is 4.51. The summed E-state index contributed by atoms with van der Waals surface area (Å²) < 4.78 is 5.61. The maximum absolute atomic E-state index is 5.61. The fourth-order valence-electron chi connectivity index (χ4n) is 2.13. The molecule has 0 radical (unpaired) electrons. The maximum Gasteiger partial charge on any atom is 0.0702 e. The number of nitrogens with zero attached hydrogens (tertiary/aromatic N) is 2. The fraction of sp³-hybridized carbons (Fsp3) is 0.583. The van der Waals surface area contributed by atoms with Gasteiger partial charge in [-0.2, -0.15) is 0 Å². The van der Waals surface area contributed by atoms with Crippen molar-refractivity contribution in [1.29, 1.82) is 0 Å². The van der Waals surface area contributed by atoms with Gasteiger partial charge < -0.3 is 10.2 Å². The van der Waals surface area contributed by atoms with Crippen LogP contribution in [0.1, 0.15) is 18.5 Å². The molecule has 1 aromatic heterocycles. The first-order valence-corrected chi connectivity index (χ1v) is 5.99. The predicted octanol–water partition coefficient (Wildman–Crippen LogP) is 0.978. The number of hydrogen-bond acceptors (Lipinski definition) is 5. The van der Waals surface area contributed by atoms with E-state index in [1.165, 1.54) is 12.8 Å². The van der Waals surface area contributed by atoms with Gasteiger partial charge in [0, 0.05) is 25.9 Å². The summed E-state index contributed by atoms with van der Waals surface area (Å²) in [4.78, 5) is 6.56. The van der Waals surface area contributed by atoms with Gasteiger partial charge in [-0.3, -0.25) is 15.7 Å². The molecule has 3 N–H and O–H groups in total. The highest BCUT2D eigenvalue weighted by molar-refractivity contribution is 5.41. The summed E-state index contributed by atoms with van der Waals surface area (Å²) in [5.41, 5.74) is 4.53. The molecular weight excluding hydrogens is 216 g/mol. The average molecular weight is 236 g/mol. The Bertz CT molecular complexity index is 352. The minimum Gasteiger partial charge on any atom is -0.377 e. The molecule has 2 heterocycles. The summed E-state index contributed by atoms with van der Waals surface area (Å²) in [6.07, 6.45) is 4.51.